The molecule has 5 heteroatoms. The zero-order valence-corrected chi connectivity index (χ0v) is 20.4. The van der Waals surface area contributed by atoms with Gasteiger partial charge in [-0.25, -0.2) is 0 Å². The summed E-state index contributed by atoms with van der Waals surface area (Å²) >= 11 is 6.45. The lowest BCUT2D eigenvalue weighted by atomic mass is 10.1. The summed E-state index contributed by atoms with van der Waals surface area (Å²) in [6, 6.07) is 24.2. The van der Waals surface area contributed by atoms with Crippen molar-refractivity contribution in [3.05, 3.63) is 82.9 Å². The minimum Gasteiger partial charge on any atom is -0.487 e. The van der Waals surface area contributed by atoms with Crippen LogP contribution < -0.4 is 14.5 Å². The first kappa shape index (κ1) is 21.8. The molecule has 4 nitrogen and oxygen atoms in total. The summed E-state index contributed by atoms with van der Waals surface area (Å²) in [6.07, 6.45) is 4.86. The summed E-state index contributed by atoms with van der Waals surface area (Å²) in [5, 5.41) is 0.774. The van der Waals surface area contributed by atoms with Gasteiger partial charge in [0.15, 0.2) is 0 Å². The molecule has 0 unspecified atom stereocenters. The number of hydrogen-bond donors (Lipinski definition) is 0. The lowest BCUT2D eigenvalue weighted by Gasteiger charge is -2.32. The molecule has 0 aromatic heterocycles. The van der Waals surface area contributed by atoms with Crippen LogP contribution in [0.1, 0.15) is 30.4 Å². The highest BCUT2D eigenvalue weighted by atomic mass is 35.5. The molecule has 0 spiro atoms. The van der Waals surface area contributed by atoms with Crippen LogP contribution in [-0.2, 0) is 13.0 Å². The maximum absolute atomic E-state index is 6.45. The lowest BCUT2D eigenvalue weighted by Crippen LogP contribution is -2.35. The van der Waals surface area contributed by atoms with Gasteiger partial charge in [0.1, 0.15) is 12.4 Å². The molecule has 0 amide bonds. The van der Waals surface area contributed by atoms with Crippen LogP contribution in [0.2, 0.25) is 5.02 Å². The molecule has 3 heterocycles. The maximum Gasteiger partial charge on any atom is 0.143 e. The minimum absolute atomic E-state index is 0.399. The highest BCUT2D eigenvalue weighted by molar-refractivity contribution is 6.30. The van der Waals surface area contributed by atoms with E-state index < -0.39 is 0 Å². The maximum atomic E-state index is 6.45. The van der Waals surface area contributed by atoms with Crippen LogP contribution in [-0.4, -0.2) is 43.7 Å². The Balaban J connectivity index is 1.19. The van der Waals surface area contributed by atoms with Crippen molar-refractivity contribution >= 4 is 28.7 Å². The van der Waals surface area contributed by atoms with Gasteiger partial charge in [0.2, 0.25) is 0 Å². The highest BCUT2D eigenvalue weighted by Crippen LogP contribution is 2.43. The van der Waals surface area contributed by atoms with E-state index in [9.17, 15) is 0 Å². The van der Waals surface area contributed by atoms with Crippen molar-refractivity contribution in [1.82, 2.24) is 4.90 Å². The van der Waals surface area contributed by atoms with Crippen molar-refractivity contribution in [3.63, 3.8) is 0 Å². The zero-order valence-electron chi connectivity index (χ0n) is 19.6. The first-order chi connectivity index (χ1) is 16.7. The highest BCUT2D eigenvalue weighted by Gasteiger charge is 2.33. The van der Waals surface area contributed by atoms with Gasteiger partial charge in [-0.05, 0) is 67.6 Å². The van der Waals surface area contributed by atoms with E-state index in [2.05, 4.69) is 75.4 Å². The van der Waals surface area contributed by atoms with Crippen LogP contribution in [0.3, 0.4) is 0 Å². The number of likely N-dealkylation sites (tertiary alicyclic amines) is 1. The number of ether oxygens (including phenoxy) is 1. The Bertz CT molecular complexity index is 1160. The summed E-state index contributed by atoms with van der Waals surface area (Å²) in [5.41, 5.74) is 6.36. The van der Waals surface area contributed by atoms with Crippen molar-refractivity contribution < 1.29 is 4.74 Å². The molecule has 3 aromatic rings. The normalized spacial score (nSPS) is 20.1. The third kappa shape index (κ3) is 4.37. The number of rotatable bonds is 5. The number of halogens is 1. The number of para-hydroxylation sites is 2. The molecule has 0 bridgehead atoms. The Hall–Kier alpha value is -2.69. The summed E-state index contributed by atoms with van der Waals surface area (Å²) in [4.78, 5) is 7.63. The molecule has 3 aliphatic rings. The van der Waals surface area contributed by atoms with Crippen molar-refractivity contribution in [2.75, 3.05) is 42.5 Å². The van der Waals surface area contributed by atoms with Crippen LogP contribution in [0.4, 0.5) is 17.1 Å². The molecule has 0 saturated carbocycles. The van der Waals surface area contributed by atoms with Crippen molar-refractivity contribution in [1.29, 1.82) is 0 Å². The molecule has 3 aromatic carbocycles. The van der Waals surface area contributed by atoms with Gasteiger partial charge in [-0.15, -0.1) is 0 Å². The first-order valence-corrected chi connectivity index (χ1v) is 13.0. The Morgan fingerprint density at radius 3 is 2.68 bits per heavy atom. The zero-order chi connectivity index (χ0) is 22.9. The second-order valence-electron chi connectivity index (χ2n) is 9.76. The van der Waals surface area contributed by atoms with Crippen LogP contribution in [0.25, 0.3) is 0 Å². The topological polar surface area (TPSA) is 19.0 Å². The van der Waals surface area contributed by atoms with Gasteiger partial charge >= 0.3 is 0 Å². The molecule has 2 saturated heterocycles. The lowest BCUT2D eigenvalue weighted by molar-refractivity contribution is 0.310. The van der Waals surface area contributed by atoms with Crippen molar-refractivity contribution in [2.45, 2.75) is 38.3 Å². The quantitative estimate of drug-likeness (QED) is 0.433. The summed E-state index contributed by atoms with van der Waals surface area (Å²) in [5.74, 6) is 0.951. The van der Waals surface area contributed by atoms with Crippen molar-refractivity contribution in [3.8, 4) is 5.75 Å². The Morgan fingerprint density at radius 1 is 0.882 bits per heavy atom. The van der Waals surface area contributed by atoms with Crippen LogP contribution in [0, 0.1) is 0 Å². The molecule has 34 heavy (non-hydrogen) atoms. The van der Waals surface area contributed by atoms with E-state index in [4.69, 9.17) is 16.3 Å². The van der Waals surface area contributed by atoms with E-state index in [0.717, 1.165) is 48.9 Å². The standard InChI is InChI=1S/C29H32ClN3O/c30-24-11-10-23-21-34-29-9-2-1-8-27(29)33(28(23)19-24)26-13-17-31(20-26)16-12-22-6-5-7-25(18-22)32-14-3-4-15-32/h1-2,5-11,18-19,26H,3-4,12-17,20-21H2/t26-/m1/s1. The van der Waals surface area contributed by atoms with E-state index in [0.29, 0.717) is 12.6 Å². The monoisotopic (exact) mass is 473 g/mol. The van der Waals surface area contributed by atoms with E-state index in [-0.39, 0.29) is 0 Å². The molecule has 6 rings (SSSR count). The fraction of sp³-hybridized carbons (Fsp3) is 0.379. The van der Waals surface area contributed by atoms with Gasteiger partial charge in [-0.2, -0.15) is 0 Å². The molecule has 176 valence electrons. The third-order valence-corrected chi connectivity index (χ3v) is 7.76. The predicted octanol–water partition coefficient (Wildman–Crippen LogP) is 6.29. The smallest absolute Gasteiger partial charge is 0.143 e. The summed E-state index contributed by atoms with van der Waals surface area (Å²) < 4.78 is 6.19. The van der Waals surface area contributed by atoms with Gasteiger partial charge in [-0.1, -0.05) is 41.9 Å². The Morgan fingerprint density at radius 2 is 1.76 bits per heavy atom. The van der Waals surface area contributed by atoms with Gasteiger partial charge in [-0.3, -0.25) is 0 Å². The number of anilines is 3. The number of nitrogens with zero attached hydrogens (tertiary/aromatic N) is 3. The second-order valence-corrected chi connectivity index (χ2v) is 10.2. The van der Waals surface area contributed by atoms with E-state index in [1.807, 2.05) is 6.07 Å². The third-order valence-electron chi connectivity index (χ3n) is 7.53. The Kier molecular flexibility index (Phi) is 6.11. The number of fused-ring (bicyclic) bond motifs is 2. The Labute approximate surface area is 207 Å². The van der Waals surface area contributed by atoms with Gasteiger partial charge in [0.25, 0.3) is 0 Å². The molecule has 2 fully saturated rings. The van der Waals surface area contributed by atoms with Crippen LogP contribution >= 0.6 is 11.6 Å². The molecule has 0 N–H and O–H groups in total. The van der Waals surface area contributed by atoms with Gasteiger partial charge < -0.3 is 19.4 Å². The van der Waals surface area contributed by atoms with Crippen molar-refractivity contribution in [2.24, 2.45) is 0 Å². The fourth-order valence-corrected chi connectivity index (χ4v) is 5.90. The van der Waals surface area contributed by atoms with E-state index >= 15 is 0 Å². The van der Waals surface area contributed by atoms with Crippen LogP contribution in [0.5, 0.6) is 5.75 Å². The fourth-order valence-electron chi connectivity index (χ4n) is 5.74. The molecule has 3 aliphatic heterocycles. The SMILES string of the molecule is Clc1ccc2c(c1)N([C@@H]1CCN(CCc3cccc(N4CCCC4)c3)C1)c1ccccc1OC2. The summed E-state index contributed by atoms with van der Waals surface area (Å²) in [7, 11) is 0. The average Bonchev–Trinajstić information content (AvgIpc) is 3.54. The molecule has 0 radical (unpaired) electrons. The van der Waals surface area contributed by atoms with E-state index in [1.165, 1.54) is 48.4 Å². The minimum atomic E-state index is 0.399. The van der Waals surface area contributed by atoms with Gasteiger partial charge in [0.05, 0.1) is 5.69 Å². The average molecular weight is 474 g/mol. The second kappa shape index (κ2) is 9.52. The largest absolute Gasteiger partial charge is 0.487 e. The number of hydrogen-bond acceptors (Lipinski definition) is 4. The number of benzene rings is 3. The van der Waals surface area contributed by atoms with Crippen LogP contribution in [0.15, 0.2) is 66.7 Å². The first-order valence-electron chi connectivity index (χ1n) is 12.6. The predicted molar refractivity (Wildman–Crippen MR) is 141 cm³/mol. The molecule has 0 aliphatic carbocycles. The van der Waals surface area contributed by atoms with E-state index in [1.54, 1.807) is 0 Å². The molecular weight excluding hydrogens is 442 g/mol. The molecular formula is C29H32ClN3O. The summed E-state index contributed by atoms with van der Waals surface area (Å²) in [6.45, 7) is 6.23. The van der Waals surface area contributed by atoms with Gasteiger partial charge in [0, 0.05) is 60.7 Å². The molecule has 1 atom stereocenters.